The van der Waals surface area contributed by atoms with E-state index in [2.05, 4.69) is 26.5 Å². The molecule has 160 valence electrons. The zero-order valence-electron chi connectivity index (χ0n) is 16.5. The van der Waals surface area contributed by atoms with Crippen LogP contribution >= 0.6 is 27.5 Å². The molecule has 0 bridgehead atoms. The molecule has 3 rings (SSSR count). The fourth-order valence-corrected chi connectivity index (χ4v) is 4.90. The molecule has 0 aliphatic heterocycles. The first-order chi connectivity index (χ1) is 14.8. The predicted molar refractivity (Wildman–Crippen MR) is 127 cm³/mol. The summed E-state index contributed by atoms with van der Waals surface area (Å²) in [6.07, 6.45) is 1.48. The van der Waals surface area contributed by atoms with Crippen molar-refractivity contribution in [2.45, 2.75) is 11.8 Å². The summed E-state index contributed by atoms with van der Waals surface area (Å²) >= 11 is 9.57. The molecular weight excluding hydrogens is 502 g/mol. The van der Waals surface area contributed by atoms with E-state index in [1.54, 1.807) is 43.3 Å². The van der Waals surface area contributed by atoms with Gasteiger partial charge in [0.1, 0.15) is 6.54 Å². The Morgan fingerprint density at radius 2 is 1.81 bits per heavy atom. The number of benzene rings is 3. The van der Waals surface area contributed by atoms with Crippen molar-refractivity contribution < 1.29 is 13.2 Å². The first-order valence-electron chi connectivity index (χ1n) is 9.19. The van der Waals surface area contributed by atoms with Gasteiger partial charge in [-0.15, -0.1) is 0 Å². The highest BCUT2D eigenvalue weighted by Gasteiger charge is 2.28. The van der Waals surface area contributed by atoms with Crippen molar-refractivity contribution in [3.8, 4) is 0 Å². The number of amides is 1. The van der Waals surface area contributed by atoms with Gasteiger partial charge in [0.25, 0.3) is 15.9 Å². The molecule has 31 heavy (non-hydrogen) atoms. The maximum atomic E-state index is 13.3. The van der Waals surface area contributed by atoms with Crippen LogP contribution in [0.25, 0.3) is 0 Å². The molecular formula is C22H19BrClN3O3S. The molecule has 6 nitrogen and oxygen atoms in total. The first-order valence-corrected chi connectivity index (χ1v) is 11.8. The van der Waals surface area contributed by atoms with E-state index < -0.39 is 22.5 Å². The molecule has 0 saturated heterocycles. The van der Waals surface area contributed by atoms with Gasteiger partial charge in [0.15, 0.2) is 0 Å². The SMILES string of the molecule is Cc1c(Cl)cccc1N(CC(=O)N/N=C\c1cccc(Br)c1)S(=O)(=O)c1ccccc1. The number of halogens is 2. The Balaban J connectivity index is 1.88. The first kappa shape index (κ1) is 23.0. The van der Waals surface area contributed by atoms with Crippen LogP contribution in [-0.2, 0) is 14.8 Å². The molecule has 1 N–H and O–H groups in total. The van der Waals surface area contributed by atoms with Crippen molar-refractivity contribution in [3.05, 3.63) is 93.4 Å². The molecule has 9 heteroatoms. The second-order valence-electron chi connectivity index (χ2n) is 6.56. The normalized spacial score (nSPS) is 11.5. The number of hydrogen-bond acceptors (Lipinski definition) is 4. The van der Waals surface area contributed by atoms with Gasteiger partial charge in [-0.25, -0.2) is 13.8 Å². The number of carbonyl (C=O) groups excluding carboxylic acids is 1. The molecule has 0 spiro atoms. The second-order valence-corrected chi connectivity index (χ2v) is 9.74. The van der Waals surface area contributed by atoms with Crippen LogP contribution in [-0.4, -0.2) is 27.1 Å². The minimum absolute atomic E-state index is 0.0693. The Hall–Kier alpha value is -2.68. The van der Waals surface area contributed by atoms with Crippen molar-refractivity contribution in [1.29, 1.82) is 0 Å². The minimum atomic E-state index is -4.02. The van der Waals surface area contributed by atoms with Crippen LogP contribution < -0.4 is 9.73 Å². The maximum Gasteiger partial charge on any atom is 0.264 e. The molecule has 0 radical (unpaired) electrons. The number of nitrogens with one attached hydrogen (secondary N) is 1. The Bertz CT molecular complexity index is 1220. The number of hydrazone groups is 1. The number of carbonyl (C=O) groups is 1. The highest BCUT2D eigenvalue weighted by Crippen LogP contribution is 2.30. The van der Waals surface area contributed by atoms with E-state index in [1.807, 2.05) is 24.3 Å². The largest absolute Gasteiger partial charge is 0.271 e. The molecule has 0 aliphatic carbocycles. The summed E-state index contributed by atoms with van der Waals surface area (Å²) in [5.41, 5.74) is 4.03. The third-order valence-electron chi connectivity index (χ3n) is 4.38. The standard InChI is InChI=1S/C22H19BrClN3O3S/c1-16-20(24)11-6-12-21(16)27(31(29,30)19-9-3-2-4-10-19)15-22(28)26-25-14-17-7-5-8-18(23)13-17/h2-14H,15H2,1H3,(H,26,28)/b25-14-. The van der Waals surface area contributed by atoms with E-state index in [0.29, 0.717) is 16.3 Å². The van der Waals surface area contributed by atoms with Crippen LogP contribution in [0.15, 0.2) is 87.3 Å². The van der Waals surface area contributed by atoms with Gasteiger partial charge in [-0.3, -0.25) is 9.10 Å². The number of anilines is 1. The van der Waals surface area contributed by atoms with Crippen LogP contribution in [0.1, 0.15) is 11.1 Å². The summed E-state index contributed by atoms with van der Waals surface area (Å²) in [5, 5.41) is 4.33. The van der Waals surface area contributed by atoms with E-state index >= 15 is 0 Å². The molecule has 0 fully saturated rings. The maximum absolute atomic E-state index is 13.3. The molecule has 3 aromatic rings. The van der Waals surface area contributed by atoms with Gasteiger partial charge in [-0.05, 0) is 54.4 Å². The lowest BCUT2D eigenvalue weighted by Gasteiger charge is -2.25. The molecule has 3 aromatic carbocycles. The number of nitrogens with zero attached hydrogens (tertiary/aromatic N) is 2. The van der Waals surface area contributed by atoms with Gasteiger partial charge in [-0.1, -0.05) is 63.9 Å². The molecule has 0 atom stereocenters. The van der Waals surface area contributed by atoms with Gasteiger partial charge in [0.05, 0.1) is 16.8 Å². The van der Waals surface area contributed by atoms with Crippen molar-refractivity contribution in [1.82, 2.24) is 5.43 Å². The summed E-state index contributed by atoms with van der Waals surface area (Å²) in [4.78, 5) is 12.7. The van der Waals surface area contributed by atoms with Crippen molar-refractivity contribution in [2.24, 2.45) is 5.10 Å². The van der Waals surface area contributed by atoms with Crippen LogP contribution in [0.4, 0.5) is 5.69 Å². The smallest absolute Gasteiger partial charge is 0.264 e. The molecule has 0 heterocycles. The fraction of sp³-hybridized carbons (Fsp3) is 0.0909. The lowest BCUT2D eigenvalue weighted by atomic mass is 10.2. The van der Waals surface area contributed by atoms with E-state index in [4.69, 9.17) is 11.6 Å². The van der Waals surface area contributed by atoms with Crippen LogP contribution in [0, 0.1) is 6.92 Å². The lowest BCUT2D eigenvalue weighted by Crippen LogP contribution is -2.40. The van der Waals surface area contributed by atoms with Gasteiger partial charge < -0.3 is 0 Å². The van der Waals surface area contributed by atoms with E-state index in [-0.39, 0.29) is 4.90 Å². The third kappa shape index (κ3) is 5.72. The van der Waals surface area contributed by atoms with Gasteiger partial charge >= 0.3 is 0 Å². The van der Waals surface area contributed by atoms with Crippen molar-refractivity contribution in [2.75, 3.05) is 10.8 Å². The van der Waals surface area contributed by atoms with Gasteiger partial charge in [0, 0.05) is 9.50 Å². The minimum Gasteiger partial charge on any atom is -0.271 e. The average molecular weight is 521 g/mol. The number of rotatable bonds is 7. The number of sulfonamides is 1. The highest BCUT2D eigenvalue weighted by molar-refractivity contribution is 9.10. The second kappa shape index (κ2) is 10.1. The Morgan fingerprint density at radius 3 is 2.52 bits per heavy atom. The van der Waals surface area contributed by atoms with Crippen LogP contribution in [0.3, 0.4) is 0 Å². The van der Waals surface area contributed by atoms with E-state index in [9.17, 15) is 13.2 Å². The fourth-order valence-electron chi connectivity index (χ4n) is 2.82. The summed E-state index contributed by atoms with van der Waals surface area (Å²) in [6, 6.07) is 20.2. The Kier molecular flexibility index (Phi) is 7.48. The Morgan fingerprint density at radius 1 is 1.10 bits per heavy atom. The van der Waals surface area contributed by atoms with Gasteiger partial charge in [-0.2, -0.15) is 5.10 Å². The van der Waals surface area contributed by atoms with Crippen LogP contribution in [0.2, 0.25) is 5.02 Å². The molecule has 0 aliphatic rings. The zero-order chi connectivity index (χ0) is 22.4. The average Bonchev–Trinajstić information content (AvgIpc) is 2.75. The Labute approximate surface area is 194 Å². The summed E-state index contributed by atoms with van der Waals surface area (Å²) < 4.78 is 28.6. The van der Waals surface area contributed by atoms with Crippen molar-refractivity contribution in [3.63, 3.8) is 0 Å². The van der Waals surface area contributed by atoms with E-state index in [0.717, 1.165) is 14.3 Å². The quantitative estimate of drug-likeness (QED) is 0.360. The molecule has 0 saturated carbocycles. The topological polar surface area (TPSA) is 78.8 Å². The van der Waals surface area contributed by atoms with Crippen LogP contribution in [0.5, 0.6) is 0 Å². The monoisotopic (exact) mass is 519 g/mol. The summed E-state index contributed by atoms with van der Waals surface area (Å²) in [7, 11) is -4.02. The summed E-state index contributed by atoms with van der Waals surface area (Å²) in [5.74, 6) is -0.592. The number of hydrogen-bond donors (Lipinski definition) is 1. The summed E-state index contributed by atoms with van der Waals surface area (Å²) in [6.45, 7) is 1.24. The van der Waals surface area contributed by atoms with Crippen molar-refractivity contribution >= 4 is 55.4 Å². The lowest BCUT2D eigenvalue weighted by molar-refractivity contribution is -0.119. The molecule has 0 aromatic heterocycles. The highest BCUT2D eigenvalue weighted by atomic mass is 79.9. The van der Waals surface area contributed by atoms with Gasteiger partial charge in [0.2, 0.25) is 0 Å². The molecule has 0 unspecified atom stereocenters. The predicted octanol–water partition coefficient (Wildman–Crippen LogP) is 4.76. The van der Waals surface area contributed by atoms with E-state index in [1.165, 1.54) is 18.3 Å². The molecule has 1 amide bonds. The zero-order valence-corrected chi connectivity index (χ0v) is 19.7. The third-order valence-corrected chi connectivity index (χ3v) is 7.05.